The number of aromatic nitrogens is 3. The van der Waals surface area contributed by atoms with Crippen LogP contribution in [0.2, 0.25) is 0 Å². The maximum atomic E-state index is 11.5. The maximum Gasteiger partial charge on any atom is 0.373 e. The number of para-hydroxylation sites is 1. The SMILES string of the molecule is O=[N+]([O-])c1c(Nc2ccccc2Br)ncnc1Oc1cccnc1. The van der Waals surface area contributed by atoms with Crippen LogP contribution < -0.4 is 10.1 Å². The molecule has 0 spiro atoms. The van der Waals surface area contributed by atoms with Crippen molar-refractivity contribution in [3.05, 3.63) is 69.7 Å². The average molecular weight is 388 g/mol. The molecular weight excluding hydrogens is 378 g/mol. The second-order valence-electron chi connectivity index (χ2n) is 4.53. The standard InChI is InChI=1S/C15H10BrN5O3/c16-11-5-1-2-6-12(11)20-14-13(21(22)23)15(19-9-18-14)24-10-4-3-7-17-8-10/h1-9H,(H,18,19,20). The van der Waals surface area contributed by atoms with Gasteiger partial charge in [0.25, 0.3) is 0 Å². The highest BCUT2D eigenvalue weighted by atomic mass is 79.9. The molecule has 2 heterocycles. The number of ether oxygens (including phenoxy) is 1. The summed E-state index contributed by atoms with van der Waals surface area (Å²) in [6.07, 6.45) is 4.20. The summed E-state index contributed by atoms with van der Waals surface area (Å²) in [7, 11) is 0. The molecule has 3 rings (SSSR count). The first kappa shape index (κ1) is 15.8. The Balaban J connectivity index is 1.99. The van der Waals surface area contributed by atoms with E-state index in [1.807, 2.05) is 12.1 Å². The van der Waals surface area contributed by atoms with Crippen LogP contribution in [0.4, 0.5) is 17.2 Å². The zero-order chi connectivity index (χ0) is 16.9. The van der Waals surface area contributed by atoms with Gasteiger partial charge in [0.1, 0.15) is 12.1 Å². The topological polar surface area (TPSA) is 103 Å². The van der Waals surface area contributed by atoms with Crippen molar-refractivity contribution in [2.75, 3.05) is 5.32 Å². The molecule has 120 valence electrons. The van der Waals surface area contributed by atoms with Crippen LogP contribution in [0.3, 0.4) is 0 Å². The largest absolute Gasteiger partial charge is 0.432 e. The molecule has 3 aromatic rings. The normalized spacial score (nSPS) is 10.2. The highest BCUT2D eigenvalue weighted by Gasteiger charge is 2.25. The molecule has 0 aliphatic rings. The summed E-state index contributed by atoms with van der Waals surface area (Å²) < 4.78 is 6.22. The molecule has 0 aliphatic heterocycles. The molecule has 0 fully saturated rings. The van der Waals surface area contributed by atoms with Crippen molar-refractivity contribution < 1.29 is 9.66 Å². The van der Waals surface area contributed by atoms with Gasteiger partial charge in [-0.15, -0.1) is 0 Å². The van der Waals surface area contributed by atoms with Crippen LogP contribution in [0.15, 0.2) is 59.6 Å². The number of hydrogen-bond acceptors (Lipinski definition) is 7. The Morgan fingerprint density at radius 2 is 2.00 bits per heavy atom. The van der Waals surface area contributed by atoms with E-state index in [0.29, 0.717) is 11.4 Å². The zero-order valence-electron chi connectivity index (χ0n) is 12.1. The summed E-state index contributed by atoms with van der Waals surface area (Å²) in [5, 5.41) is 14.4. The molecule has 0 amide bonds. The first-order valence-electron chi connectivity index (χ1n) is 6.74. The van der Waals surface area contributed by atoms with Crippen LogP contribution in [-0.2, 0) is 0 Å². The molecule has 24 heavy (non-hydrogen) atoms. The lowest BCUT2D eigenvalue weighted by Gasteiger charge is -2.10. The number of nitro groups is 1. The second kappa shape index (κ2) is 7.01. The lowest BCUT2D eigenvalue weighted by atomic mass is 10.3. The summed E-state index contributed by atoms with van der Waals surface area (Å²) in [5.74, 6) is 0.199. The van der Waals surface area contributed by atoms with E-state index >= 15 is 0 Å². The third kappa shape index (κ3) is 3.46. The number of benzene rings is 1. The molecule has 1 N–H and O–H groups in total. The van der Waals surface area contributed by atoms with E-state index in [4.69, 9.17) is 4.74 Å². The summed E-state index contributed by atoms with van der Waals surface area (Å²) in [5.41, 5.74) is 0.267. The highest BCUT2D eigenvalue weighted by molar-refractivity contribution is 9.10. The van der Waals surface area contributed by atoms with E-state index in [9.17, 15) is 10.1 Å². The molecule has 0 saturated heterocycles. The minimum Gasteiger partial charge on any atom is -0.432 e. The molecule has 0 unspecified atom stereocenters. The minimum atomic E-state index is -0.592. The number of anilines is 2. The summed E-state index contributed by atoms with van der Waals surface area (Å²) >= 11 is 3.37. The highest BCUT2D eigenvalue weighted by Crippen LogP contribution is 2.36. The number of halogens is 1. The van der Waals surface area contributed by atoms with Gasteiger partial charge < -0.3 is 10.1 Å². The predicted molar refractivity (Wildman–Crippen MR) is 90.4 cm³/mol. The Kier molecular flexibility index (Phi) is 4.62. The summed E-state index contributed by atoms with van der Waals surface area (Å²) in [6, 6.07) is 10.5. The fourth-order valence-electron chi connectivity index (χ4n) is 1.90. The molecular formula is C15H10BrN5O3. The maximum absolute atomic E-state index is 11.5. The fourth-order valence-corrected chi connectivity index (χ4v) is 2.29. The Bertz CT molecular complexity index is 876. The van der Waals surface area contributed by atoms with Gasteiger partial charge in [0.05, 0.1) is 16.8 Å². The van der Waals surface area contributed by atoms with Gasteiger partial charge in [-0.05, 0) is 40.2 Å². The number of nitrogens with zero attached hydrogens (tertiary/aromatic N) is 4. The molecule has 2 aromatic heterocycles. The molecule has 0 atom stereocenters. The van der Waals surface area contributed by atoms with Crippen molar-refractivity contribution in [1.82, 2.24) is 15.0 Å². The number of nitrogens with one attached hydrogen (secondary N) is 1. The first-order valence-corrected chi connectivity index (χ1v) is 7.53. The van der Waals surface area contributed by atoms with E-state index in [-0.39, 0.29) is 17.4 Å². The van der Waals surface area contributed by atoms with Gasteiger partial charge in [-0.3, -0.25) is 15.1 Å². The Morgan fingerprint density at radius 3 is 2.71 bits per heavy atom. The molecule has 8 nitrogen and oxygen atoms in total. The number of rotatable bonds is 5. The van der Waals surface area contributed by atoms with Gasteiger partial charge in [-0.1, -0.05) is 12.1 Å². The van der Waals surface area contributed by atoms with E-state index in [1.54, 1.807) is 30.5 Å². The van der Waals surface area contributed by atoms with Gasteiger partial charge in [-0.25, -0.2) is 4.98 Å². The number of pyridine rings is 1. The molecule has 0 radical (unpaired) electrons. The van der Waals surface area contributed by atoms with E-state index in [2.05, 4.69) is 36.2 Å². The van der Waals surface area contributed by atoms with Gasteiger partial charge in [0.15, 0.2) is 0 Å². The average Bonchev–Trinajstić information content (AvgIpc) is 2.58. The third-order valence-corrected chi connectivity index (χ3v) is 3.64. The van der Waals surface area contributed by atoms with E-state index in [0.717, 1.165) is 4.47 Å². The van der Waals surface area contributed by atoms with Crippen LogP contribution in [0.5, 0.6) is 11.6 Å². The van der Waals surface area contributed by atoms with Crippen LogP contribution in [0, 0.1) is 10.1 Å². The predicted octanol–water partition coefficient (Wildman–Crippen LogP) is 4.08. The van der Waals surface area contributed by atoms with E-state index in [1.165, 1.54) is 12.5 Å². The number of hydrogen-bond donors (Lipinski definition) is 1. The quantitative estimate of drug-likeness (QED) is 0.519. The van der Waals surface area contributed by atoms with Crippen molar-refractivity contribution in [2.45, 2.75) is 0 Å². The molecule has 0 bridgehead atoms. The van der Waals surface area contributed by atoms with Crippen molar-refractivity contribution >= 4 is 33.1 Å². The van der Waals surface area contributed by atoms with Gasteiger partial charge >= 0.3 is 11.6 Å². The molecule has 1 aromatic carbocycles. The summed E-state index contributed by atoms with van der Waals surface area (Å²) in [6.45, 7) is 0. The van der Waals surface area contributed by atoms with Crippen molar-refractivity contribution in [3.8, 4) is 11.6 Å². The van der Waals surface area contributed by atoms with Crippen LogP contribution in [0.25, 0.3) is 0 Å². The van der Waals surface area contributed by atoms with E-state index < -0.39 is 4.92 Å². The minimum absolute atomic E-state index is 0.0285. The van der Waals surface area contributed by atoms with Gasteiger partial charge in [0, 0.05) is 10.7 Å². The summed E-state index contributed by atoms with van der Waals surface area (Å²) in [4.78, 5) is 22.6. The van der Waals surface area contributed by atoms with Gasteiger partial charge in [-0.2, -0.15) is 4.98 Å². The Hall–Kier alpha value is -3.07. The Morgan fingerprint density at radius 1 is 1.17 bits per heavy atom. The first-order chi connectivity index (χ1) is 11.6. The second-order valence-corrected chi connectivity index (χ2v) is 5.38. The van der Waals surface area contributed by atoms with Crippen LogP contribution >= 0.6 is 15.9 Å². The molecule has 0 aliphatic carbocycles. The molecule has 0 saturated carbocycles. The molecule has 9 heteroatoms. The van der Waals surface area contributed by atoms with Crippen molar-refractivity contribution in [2.24, 2.45) is 0 Å². The third-order valence-electron chi connectivity index (χ3n) is 2.95. The Labute approximate surface area is 144 Å². The van der Waals surface area contributed by atoms with Crippen molar-refractivity contribution in [1.29, 1.82) is 0 Å². The fraction of sp³-hybridized carbons (Fsp3) is 0. The van der Waals surface area contributed by atoms with Crippen LogP contribution in [0.1, 0.15) is 0 Å². The van der Waals surface area contributed by atoms with Crippen LogP contribution in [-0.4, -0.2) is 19.9 Å². The monoisotopic (exact) mass is 387 g/mol. The van der Waals surface area contributed by atoms with Gasteiger partial charge in [0.2, 0.25) is 5.82 Å². The smallest absolute Gasteiger partial charge is 0.373 e. The lowest BCUT2D eigenvalue weighted by molar-refractivity contribution is -0.385. The zero-order valence-corrected chi connectivity index (χ0v) is 13.7. The lowest BCUT2D eigenvalue weighted by Crippen LogP contribution is -2.03. The van der Waals surface area contributed by atoms with Crippen molar-refractivity contribution in [3.63, 3.8) is 0 Å².